The lowest BCUT2D eigenvalue weighted by molar-refractivity contribution is -0.0792. The van der Waals surface area contributed by atoms with Crippen molar-refractivity contribution in [1.29, 1.82) is 0 Å². The summed E-state index contributed by atoms with van der Waals surface area (Å²) < 4.78 is 7.71. The van der Waals surface area contributed by atoms with Crippen LogP contribution in [-0.2, 0) is 11.8 Å². The van der Waals surface area contributed by atoms with E-state index in [4.69, 9.17) is 4.74 Å². The molecule has 0 saturated carbocycles. The maximum atomic E-state index is 12.2. The molecule has 144 valence electrons. The minimum Gasteiger partial charge on any atom is -0.378 e. The van der Waals surface area contributed by atoms with Crippen molar-refractivity contribution >= 4 is 33.1 Å². The third-order valence-corrected chi connectivity index (χ3v) is 5.73. The van der Waals surface area contributed by atoms with Crippen LogP contribution in [0.5, 0.6) is 0 Å². The number of rotatable bonds is 4. The van der Waals surface area contributed by atoms with Gasteiger partial charge in [-0.2, -0.15) is 0 Å². The molecule has 0 aliphatic carbocycles. The smallest absolute Gasteiger partial charge is 0.274 e. The van der Waals surface area contributed by atoms with Crippen LogP contribution in [0, 0.1) is 0 Å². The Hall–Kier alpha value is -1.90. The zero-order valence-electron chi connectivity index (χ0n) is 15.6. The predicted octanol–water partition coefficient (Wildman–Crippen LogP) is 2.20. The van der Waals surface area contributed by atoms with Crippen molar-refractivity contribution in [1.82, 2.24) is 14.5 Å². The molecule has 0 radical (unpaired) electrons. The van der Waals surface area contributed by atoms with E-state index in [9.17, 15) is 4.79 Å². The number of anilines is 3. The lowest BCUT2D eigenvalue weighted by atomic mass is 10.1. The molecule has 1 atom stereocenters. The first-order valence-electron chi connectivity index (χ1n) is 9.19. The van der Waals surface area contributed by atoms with Crippen molar-refractivity contribution in [3.05, 3.63) is 45.4 Å². The van der Waals surface area contributed by atoms with Crippen molar-refractivity contribution in [2.24, 2.45) is 7.05 Å². The largest absolute Gasteiger partial charge is 0.378 e. The van der Waals surface area contributed by atoms with Crippen molar-refractivity contribution in [2.45, 2.75) is 19.0 Å². The van der Waals surface area contributed by atoms with Crippen molar-refractivity contribution in [3.63, 3.8) is 0 Å². The SMILES string of the molecule is CC1CN(c2ccc(Nc3cc(Br)cn(C)c3=O)nc2)CCN1C1COC1. The summed E-state index contributed by atoms with van der Waals surface area (Å²) in [4.78, 5) is 21.6. The summed E-state index contributed by atoms with van der Waals surface area (Å²) in [5.74, 6) is 0.659. The van der Waals surface area contributed by atoms with Gasteiger partial charge in [0.2, 0.25) is 0 Å². The first-order valence-corrected chi connectivity index (χ1v) is 9.98. The van der Waals surface area contributed by atoms with Crippen LogP contribution >= 0.6 is 15.9 Å². The highest BCUT2D eigenvalue weighted by Gasteiger charge is 2.33. The lowest BCUT2D eigenvalue weighted by Crippen LogP contribution is -2.60. The lowest BCUT2D eigenvalue weighted by Gasteiger charge is -2.47. The summed E-state index contributed by atoms with van der Waals surface area (Å²) >= 11 is 3.42. The molecule has 4 rings (SSSR count). The van der Waals surface area contributed by atoms with Gasteiger partial charge in [-0.15, -0.1) is 0 Å². The molecule has 1 unspecified atom stereocenters. The highest BCUT2D eigenvalue weighted by molar-refractivity contribution is 9.10. The first-order chi connectivity index (χ1) is 13.0. The van der Waals surface area contributed by atoms with Crippen LogP contribution in [0.4, 0.5) is 17.2 Å². The fourth-order valence-corrected chi connectivity index (χ4v) is 4.24. The third-order valence-electron chi connectivity index (χ3n) is 5.29. The number of ether oxygens (including phenoxy) is 1. The molecule has 2 fully saturated rings. The Bertz CT molecular complexity index is 865. The molecule has 2 aliphatic heterocycles. The summed E-state index contributed by atoms with van der Waals surface area (Å²) in [6.45, 7) is 7.02. The standard InChI is InChI=1S/C19H24BrN5O2/c1-13-9-24(5-6-25(13)16-11-27-12-16)15-3-4-18(21-8-15)22-17-7-14(20)10-23(2)19(17)26/h3-4,7-8,10,13,16H,5-6,9,11-12H2,1-2H3,(H,21,22). The highest BCUT2D eigenvalue weighted by atomic mass is 79.9. The van der Waals surface area contributed by atoms with Gasteiger partial charge in [0.1, 0.15) is 11.5 Å². The Morgan fingerprint density at radius 2 is 2.11 bits per heavy atom. The van der Waals surface area contributed by atoms with Crippen LogP contribution in [0.3, 0.4) is 0 Å². The summed E-state index contributed by atoms with van der Waals surface area (Å²) in [5.41, 5.74) is 1.52. The van der Waals surface area contributed by atoms with E-state index in [0.29, 0.717) is 23.6 Å². The van der Waals surface area contributed by atoms with Gasteiger partial charge in [-0.25, -0.2) is 4.98 Å². The molecule has 4 heterocycles. The minimum atomic E-state index is -0.0889. The predicted molar refractivity (Wildman–Crippen MR) is 110 cm³/mol. The molecule has 2 saturated heterocycles. The summed E-state index contributed by atoms with van der Waals surface area (Å²) in [5, 5.41) is 3.11. The first kappa shape index (κ1) is 18.5. The molecular weight excluding hydrogens is 410 g/mol. The fourth-order valence-electron chi connectivity index (χ4n) is 3.71. The van der Waals surface area contributed by atoms with Gasteiger partial charge in [-0.1, -0.05) is 0 Å². The fraction of sp³-hybridized carbons (Fsp3) is 0.474. The van der Waals surface area contributed by atoms with Crippen LogP contribution in [0.2, 0.25) is 0 Å². The van der Waals surface area contributed by atoms with Crippen molar-refractivity contribution in [3.8, 4) is 0 Å². The minimum absolute atomic E-state index is 0.0889. The van der Waals surface area contributed by atoms with Crippen LogP contribution in [0.1, 0.15) is 6.92 Å². The third kappa shape index (κ3) is 3.88. The van der Waals surface area contributed by atoms with E-state index in [0.717, 1.165) is 43.0 Å². The van der Waals surface area contributed by atoms with E-state index in [1.54, 1.807) is 19.3 Å². The average Bonchev–Trinajstić information content (AvgIpc) is 2.60. The van der Waals surface area contributed by atoms with E-state index >= 15 is 0 Å². The van der Waals surface area contributed by atoms with E-state index in [2.05, 4.69) is 49.0 Å². The van der Waals surface area contributed by atoms with Gasteiger partial charge < -0.3 is 19.5 Å². The molecule has 0 spiro atoms. The van der Waals surface area contributed by atoms with E-state index in [-0.39, 0.29) is 5.56 Å². The Morgan fingerprint density at radius 3 is 2.74 bits per heavy atom. The molecule has 0 amide bonds. The Balaban J connectivity index is 1.43. The Morgan fingerprint density at radius 1 is 1.30 bits per heavy atom. The molecule has 2 aromatic rings. The van der Waals surface area contributed by atoms with Crippen LogP contribution < -0.4 is 15.8 Å². The monoisotopic (exact) mass is 433 g/mol. The maximum Gasteiger partial charge on any atom is 0.274 e. The molecule has 2 aromatic heterocycles. The second-order valence-corrected chi connectivity index (χ2v) is 8.15. The maximum absolute atomic E-state index is 12.2. The second kappa shape index (κ2) is 7.61. The zero-order valence-corrected chi connectivity index (χ0v) is 17.1. The molecule has 8 heteroatoms. The molecule has 2 aliphatic rings. The van der Waals surface area contributed by atoms with Gasteiger partial charge in [0.25, 0.3) is 5.56 Å². The average molecular weight is 434 g/mol. The second-order valence-electron chi connectivity index (χ2n) is 7.24. The number of hydrogen-bond donors (Lipinski definition) is 1. The van der Waals surface area contributed by atoms with Gasteiger partial charge >= 0.3 is 0 Å². The van der Waals surface area contributed by atoms with Gasteiger partial charge in [-0.3, -0.25) is 9.69 Å². The number of pyridine rings is 2. The zero-order chi connectivity index (χ0) is 19.0. The Kier molecular flexibility index (Phi) is 5.21. The molecular formula is C19H24BrN5O2. The molecule has 0 bridgehead atoms. The van der Waals surface area contributed by atoms with Crippen molar-refractivity contribution in [2.75, 3.05) is 43.1 Å². The van der Waals surface area contributed by atoms with Crippen molar-refractivity contribution < 1.29 is 4.74 Å². The number of piperazine rings is 1. The number of hydrogen-bond acceptors (Lipinski definition) is 6. The number of nitrogens with zero attached hydrogens (tertiary/aromatic N) is 4. The molecule has 1 N–H and O–H groups in total. The molecule has 0 aromatic carbocycles. The van der Waals surface area contributed by atoms with E-state index < -0.39 is 0 Å². The molecule has 27 heavy (non-hydrogen) atoms. The van der Waals surface area contributed by atoms with E-state index in [1.165, 1.54) is 4.57 Å². The highest BCUT2D eigenvalue weighted by Crippen LogP contribution is 2.24. The van der Waals surface area contributed by atoms with E-state index in [1.807, 2.05) is 12.3 Å². The van der Waals surface area contributed by atoms with Gasteiger partial charge in [0.05, 0.1) is 31.1 Å². The van der Waals surface area contributed by atoms with Gasteiger partial charge in [0.15, 0.2) is 0 Å². The van der Waals surface area contributed by atoms with Crippen LogP contribution in [0.15, 0.2) is 39.9 Å². The number of nitrogens with one attached hydrogen (secondary N) is 1. The number of halogens is 1. The van der Waals surface area contributed by atoms with Crippen LogP contribution in [0.25, 0.3) is 0 Å². The summed E-state index contributed by atoms with van der Waals surface area (Å²) in [6, 6.07) is 6.83. The quantitative estimate of drug-likeness (QED) is 0.797. The molecule has 7 nitrogen and oxygen atoms in total. The summed E-state index contributed by atoms with van der Waals surface area (Å²) in [6.07, 6.45) is 3.61. The van der Waals surface area contributed by atoms with Crippen LogP contribution in [-0.4, -0.2) is 59.4 Å². The topological polar surface area (TPSA) is 62.6 Å². The number of aryl methyl sites for hydroxylation is 1. The van der Waals surface area contributed by atoms with Gasteiger partial charge in [-0.05, 0) is 41.1 Å². The normalized spacial score (nSPS) is 21.1. The Labute approximate surface area is 167 Å². The number of aromatic nitrogens is 2. The van der Waals surface area contributed by atoms with Gasteiger partial charge in [0, 0.05) is 43.4 Å². The summed E-state index contributed by atoms with van der Waals surface area (Å²) in [7, 11) is 1.73.